The van der Waals surface area contributed by atoms with Gasteiger partial charge in [-0.1, -0.05) is 30.9 Å². The molecule has 0 spiro atoms. The third kappa shape index (κ3) is 4.72. The number of hydroxylamine groups is 1. The predicted molar refractivity (Wildman–Crippen MR) is 98.7 cm³/mol. The Labute approximate surface area is 157 Å². The Kier molecular flexibility index (Phi) is 6.45. The maximum absolute atomic E-state index is 13.5. The normalized spacial score (nSPS) is 22.4. The minimum absolute atomic E-state index is 0.292. The summed E-state index contributed by atoms with van der Waals surface area (Å²) in [6.07, 6.45) is 10.0. The molecule has 142 valence electrons. The molecule has 0 aromatic carbocycles. The Balaban J connectivity index is 1.59. The number of hydrogen-bond acceptors (Lipinski definition) is 5. The van der Waals surface area contributed by atoms with Crippen molar-refractivity contribution in [2.75, 3.05) is 18.4 Å². The Bertz CT molecular complexity index is 679. The molecular weight excluding hydrogens is 359 g/mol. The van der Waals surface area contributed by atoms with Crippen LogP contribution in [0.25, 0.3) is 6.08 Å². The molecule has 1 aliphatic carbocycles. The number of aromatic nitrogens is 1. The SMILES string of the molecule is O=C(NO)/C(F)=C/c1cnc(N[C@@H]2CCN(C3CCCCC3)C2)c(Cl)c1. The highest BCUT2D eigenvalue weighted by Gasteiger charge is 2.29. The summed E-state index contributed by atoms with van der Waals surface area (Å²) < 4.78 is 13.5. The van der Waals surface area contributed by atoms with Gasteiger partial charge in [0.25, 0.3) is 0 Å². The molecule has 1 saturated carbocycles. The number of anilines is 1. The van der Waals surface area contributed by atoms with Crippen molar-refractivity contribution in [2.24, 2.45) is 0 Å². The Morgan fingerprint density at radius 3 is 2.81 bits per heavy atom. The first-order valence-electron chi connectivity index (χ1n) is 9.04. The van der Waals surface area contributed by atoms with E-state index in [4.69, 9.17) is 16.8 Å². The highest BCUT2D eigenvalue weighted by molar-refractivity contribution is 6.33. The molecule has 0 radical (unpaired) electrons. The average molecular weight is 383 g/mol. The zero-order valence-electron chi connectivity index (χ0n) is 14.5. The number of pyridine rings is 1. The molecule has 26 heavy (non-hydrogen) atoms. The molecule has 2 aliphatic rings. The van der Waals surface area contributed by atoms with Crippen molar-refractivity contribution < 1.29 is 14.4 Å². The van der Waals surface area contributed by atoms with Crippen molar-refractivity contribution >= 4 is 29.4 Å². The fourth-order valence-corrected chi connectivity index (χ4v) is 4.01. The van der Waals surface area contributed by atoms with Crippen LogP contribution in [-0.4, -0.2) is 46.2 Å². The summed E-state index contributed by atoms with van der Waals surface area (Å²) in [6.45, 7) is 2.07. The quantitative estimate of drug-likeness (QED) is 0.413. The van der Waals surface area contributed by atoms with E-state index in [-0.39, 0.29) is 0 Å². The van der Waals surface area contributed by atoms with Gasteiger partial charge in [-0.25, -0.2) is 14.9 Å². The van der Waals surface area contributed by atoms with Gasteiger partial charge in [-0.05, 0) is 37.0 Å². The Morgan fingerprint density at radius 1 is 1.35 bits per heavy atom. The highest BCUT2D eigenvalue weighted by atomic mass is 35.5. The molecule has 3 N–H and O–H groups in total. The molecular formula is C18H24ClFN4O2. The lowest BCUT2D eigenvalue weighted by Gasteiger charge is -2.31. The molecule has 1 amide bonds. The first-order valence-corrected chi connectivity index (χ1v) is 9.42. The van der Waals surface area contributed by atoms with Gasteiger partial charge < -0.3 is 5.32 Å². The zero-order chi connectivity index (χ0) is 18.5. The molecule has 6 nitrogen and oxygen atoms in total. The number of hydrogen-bond donors (Lipinski definition) is 3. The van der Waals surface area contributed by atoms with Crippen LogP contribution in [0.3, 0.4) is 0 Å². The van der Waals surface area contributed by atoms with E-state index in [1.54, 1.807) is 0 Å². The third-order valence-corrected chi connectivity index (χ3v) is 5.41. The number of halogens is 2. The third-order valence-electron chi connectivity index (χ3n) is 5.13. The molecule has 1 aliphatic heterocycles. The van der Waals surface area contributed by atoms with Crippen LogP contribution in [0.5, 0.6) is 0 Å². The first kappa shape index (κ1) is 19.1. The van der Waals surface area contributed by atoms with Crippen molar-refractivity contribution in [1.82, 2.24) is 15.4 Å². The van der Waals surface area contributed by atoms with Crippen molar-refractivity contribution in [1.29, 1.82) is 0 Å². The average Bonchev–Trinajstić information content (AvgIpc) is 3.12. The molecule has 0 bridgehead atoms. The van der Waals surface area contributed by atoms with Gasteiger partial charge in [0.1, 0.15) is 5.82 Å². The number of carbonyl (C=O) groups excluding carboxylic acids is 1. The fourth-order valence-electron chi connectivity index (χ4n) is 3.78. The summed E-state index contributed by atoms with van der Waals surface area (Å²) in [4.78, 5) is 17.8. The van der Waals surface area contributed by atoms with E-state index in [0.717, 1.165) is 25.6 Å². The molecule has 1 aromatic rings. The van der Waals surface area contributed by atoms with Crippen LogP contribution in [-0.2, 0) is 4.79 Å². The second-order valence-electron chi connectivity index (χ2n) is 6.95. The van der Waals surface area contributed by atoms with Crippen molar-refractivity contribution in [3.05, 3.63) is 28.7 Å². The van der Waals surface area contributed by atoms with Crippen LogP contribution >= 0.6 is 11.6 Å². The molecule has 0 unspecified atom stereocenters. The molecule has 2 fully saturated rings. The number of nitrogens with zero attached hydrogens (tertiary/aromatic N) is 2. The van der Waals surface area contributed by atoms with E-state index >= 15 is 0 Å². The predicted octanol–water partition coefficient (Wildman–Crippen LogP) is 3.37. The summed E-state index contributed by atoms with van der Waals surface area (Å²) in [5.74, 6) is -1.77. The van der Waals surface area contributed by atoms with Gasteiger partial charge in [0.2, 0.25) is 0 Å². The van der Waals surface area contributed by atoms with E-state index < -0.39 is 11.7 Å². The van der Waals surface area contributed by atoms with Crippen LogP contribution in [0.4, 0.5) is 10.2 Å². The summed E-state index contributed by atoms with van der Waals surface area (Å²) in [7, 11) is 0. The minimum Gasteiger partial charge on any atom is -0.365 e. The fraction of sp³-hybridized carbons (Fsp3) is 0.556. The summed E-state index contributed by atoms with van der Waals surface area (Å²) in [5.41, 5.74) is 1.58. The molecule has 3 rings (SSSR count). The standard InChI is InChI=1S/C18H24ClFN4O2/c19-15-8-12(9-16(20)18(25)23-26)10-21-17(15)22-13-6-7-24(11-13)14-4-2-1-3-5-14/h8-10,13-14,26H,1-7,11H2,(H,21,22)(H,23,25)/b16-9-/t13-/m1/s1. The van der Waals surface area contributed by atoms with E-state index in [9.17, 15) is 9.18 Å². The number of amides is 1. The molecule has 2 heterocycles. The van der Waals surface area contributed by atoms with E-state index in [1.165, 1.54) is 49.8 Å². The number of rotatable bonds is 5. The first-order chi connectivity index (χ1) is 12.6. The molecule has 8 heteroatoms. The van der Waals surface area contributed by atoms with Gasteiger partial charge >= 0.3 is 5.91 Å². The van der Waals surface area contributed by atoms with Gasteiger partial charge in [0, 0.05) is 31.4 Å². The number of likely N-dealkylation sites (tertiary alicyclic amines) is 1. The van der Waals surface area contributed by atoms with Crippen molar-refractivity contribution in [3.8, 4) is 0 Å². The maximum Gasteiger partial charge on any atom is 0.303 e. The van der Waals surface area contributed by atoms with Gasteiger partial charge in [-0.15, -0.1) is 0 Å². The largest absolute Gasteiger partial charge is 0.365 e. The second-order valence-corrected chi connectivity index (χ2v) is 7.36. The van der Waals surface area contributed by atoms with Gasteiger partial charge in [0.15, 0.2) is 5.83 Å². The van der Waals surface area contributed by atoms with E-state index in [1.807, 2.05) is 0 Å². The van der Waals surface area contributed by atoms with Crippen LogP contribution in [0.1, 0.15) is 44.1 Å². The van der Waals surface area contributed by atoms with Gasteiger partial charge in [0.05, 0.1) is 5.02 Å². The topological polar surface area (TPSA) is 77.5 Å². The van der Waals surface area contributed by atoms with Crippen LogP contribution < -0.4 is 10.8 Å². The van der Waals surface area contributed by atoms with E-state index in [2.05, 4.69) is 15.2 Å². The highest BCUT2D eigenvalue weighted by Crippen LogP contribution is 2.28. The zero-order valence-corrected chi connectivity index (χ0v) is 15.3. The smallest absolute Gasteiger partial charge is 0.303 e. The van der Waals surface area contributed by atoms with Crippen LogP contribution in [0.15, 0.2) is 18.1 Å². The summed E-state index contributed by atoms with van der Waals surface area (Å²) in [6, 6.07) is 2.53. The second kappa shape index (κ2) is 8.79. The van der Waals surface area contributed by atoms with Crippen LogP contribution in [0, 0.1) is 0 Å². The van der Waals surface area contributed by atoms with E-state index in [0.29, 0.717) is 28.5 Å². The Morgan fingerprint density at radius 2 is 2.12 bits per heavy atom. The molecule has 1 atom stereocenters. The lowest BCUT2D eigenvalue weighted by molar-refractivity contribution is -0.126. The summed E-state index contributed by atoms with van der Waals surface area (Å²) >= 11 is 6.25. The lowest BCUT2D eigenvalue weighted by Crippen LogP contribution is -2.36. The number of carbonyl (C=O) groups is 1. The molecule has 1 saturated heterocycles. The summed E-state index contributed by atoms with van der Waals surface area (Å²) in [5, 5.41) is 12.2. The minimum atomic E-state index is -1.21. The van der Waals surface area contributed by atoms with Gasteiger partial charge in [-0.3, -0.25) is 14.9 Å². The van der Waals surface area contributed by atoms with Crippen LogP contribution in [0.2, 0.25) is 5.02 Å². The van der Waals surface area contributed by atoms with Crippen molar-refractivity contribution in [3.63, 3.8) is 0 Å². The number of nitrogens with one attached hydrogen (secondary N) is 2. The van der Waals surface area contributed by atoms with Gasteiger partial charge in [-0.2, -0.15) is 0 Å². The van der Waals surface area contributed by atoms with Crippen molar-refractivity contribution in [2.45, 2.75) is 50.6 Å². The lowest BCUT2D eigenvalue weighted by atomic mass is 9.94. The monoisotopic (exact) mass is 382 g/mol. The Hall–Kier alpha value is -1.70. The molecule has 1 aromatic heterocycles. The maximum atomic E-state index is 13.5.